The molecule has 0 radical (unpaired) electrons. The Morgan fingerprint density at radius 3 is 2.68 bits per heavy atom. The van der Waals surface area contributed by atoms with Gasteiger partial charge in [0.2, 0.25) is 5.92 Å². The molecule has 22 heavy (non-hydrogen) atoms. The second kappa shape index (κ2) is 6.15. The normalized spacial score (nSPS) is 28.2. The first-order chi connectivity index (χ1) is 10.4. The molecule has 0 amide bonds. The van der Waals surface area contributed by atoms with Gasteiger partial charge in [-0.2, -0.15) is 0 Å². The zero-order valence-corrected chi connectivity index (χ0v) is 14.7. The minimum Gasteiger partial charge on any atom is -0.469 e. The highest BCUT2D eigenvalue weighted by Crippen LogP contribution is 2.51. The molecule has 2 aliphatic rings. The van der Waals surface area contributed by atoms with Crippen LogP contribution in [0.1, 0.15) is 61.1 Å². The molecule has 2 saturated carbocycles. The predicted octanol–water partition coefficient (Wildman–Crippen LogP) is 4.87. The Bertz CT molecular complexity index is 570. The predicted molar refractivity (Wildman–Crippen MR) is 83.5 cm³/mol. The third-order valence-corrected chi connectivity index (χ3v) is 6.60. The summed E-state index contributed by atoms with van der Waals surface area (Å²) in [5.74, 6) is -3.02. The second-order valence-corrected chi connectivity index (χ2v) is 8.54. The van der Waals surface area contributed by atoms with Gasteiger partial charge in [0.15, 0.2) is 0 Å². The Hall–Kier alpha value is -0.560. The Morgan fingerprint density at radius 1 is 1.36 bits per heavy atom. The van der Waals surface area contributed by atoms with Crippen LogP contribution in [-0.4, -0.2) is 24.0 Å². The minimum absolute atomic E-state index is 0.0289. The molecule has 0 N–H and O–H groups in total. The highest BCUT2D eigenvalue weighted by Gasteiger charge is 2.47. The quantitative estimate of drug-likeness (QED) is 0.687. The van der Waals surface area contributed by atoms with Crippen LogP contribution in [0.15, 0.2) is 3.79 Å². The lowest BCUT2D eigenvalue weighted by atomic mass is 9.77. The number of carbonyl (C=O) groups is 1. The lowest BCUT2D eigenvalue weighted by molar-refractivity contribution is -0.147. The van der Waals surface area contributed by atoms with E-state index in [1.54, 1.807) is 0 Å². The molecule has 122 valence electrons. The number of hydrogen-bond acceptors (Lipinski definition) is 4. The van der Waals surface area contributed by atoms with Crippen LogP contribution in [0.2, 0.25) is 0 Å². The Labute approximate surface area is 140 Å². The first-order valence-corrected chi connectivity index (χ1v) is 9.14. The maximum atomic E-state index is 13.1. The first-order valence-electron chi connectivity index (χ1n) is 7.53. The summed E-state index contributed by atoms with van der Waals surface area (Å²) in [6.45, 7) is 0. The monoisotopic (exact) mass is 393 g/mol. The number of methoxy groups -OCH3 is 1. The lowest BCUT2D eigenvalue weighted by Crippen LogP contribution is -2.33. The Morgan fingerprint density at radius 2 is 2.05 bits per heavy atom. The number of rotatable bonds is 3. The van der Waals surface area contributed by atoms with Gasteiger partial charge < -0.3 is 4.74 Å². The number of esters is 1. The van der Waals surface area contributed by atoms with Crippen molar-refractivity contribution in [2.45, 2.75) is 56.3 Å². The third-order valence-electron chi connectivity index (χ3n) is 4.69. The summed E-state index contributed by atoms with van der Waals surface area (Å²) in [6, 6.07) is 0. The van der Waals surface area contributed by atoms with Crippen LogP contribution < -0.4 is 0 Å². The van der Waals surface area contributed by atoms with Gasteiger partial charge in [0.05, 0.1) is 27.5 Å². The number of hydrogen-bond donors (Lipinski definition) is 0. The molecule has 0 aromatic carbocycles. The van der Waals surface area contributed by atoms with E-state index in [-0.39, 0.29) is 36.6 Å². The minimum atomic E-state index is -2.54. The summed E-state index contributed by atoms with van der Waals surface area (Å²) in [7, 11) is 1.41. The molecule has 7 heteroatoms. The molecular weight excluding hydrogens is 376 g/mol. The van der Waals surface area contributed by atoms with Crippen molar-refractivity contribution in [3.63, 3.8) is 0 Å². The maximum absolute atomic E-state index is 13.1. The fourth-order valence-corrected chi connectivity index (χ4v) is 5.30. The molecule has 1 aromatic rings. The van der Waals surface area contributed by atoms with Crippen molar-refractivity contribution in [2.24, 2.45) is 5.92 Å². The van der Waals surface area contributed by atoms with E-state index in [9.17, 15) is 13.6 Å². The molecule has 2 aliphatic carbocycles. The molecule has 3 nitrogen and oxygen atoms in total. The van der Waals surface area contributed by atoms with Crippen LogP contribution in [0, 0.1) is 5.92 Å². The van der Waals surface area contributed by atoms with Crippen LogP contribution in [0.3, 0.4) is 0 Å². The largest absolute Gasteiger partial charge is 0.469 e. The molecule has 0 unspecified atom stereocenters. The highest BCUT2D eigenvalue weighted by atomic mass is 79.9. The maximum Gasteiger partial charge on any atom is 0.309 e. The van der Waals surface area contributed by atoms with Gasteiger partial charge in [-0.05, 0) is 28.8 Å². The van der Waals surface area contributed by atoms with Crippen molar-refractivity contribution < 1.29 is 18.3 Å². The van der Waals surface area contributed by atoms with E-state index in [0.29, 0.717) is 0 Å². The van der Waals surface area contributed by atoms with Crippen molar-refractivity contribution >= 4 is 33.2 Å². The van der Waals surface area contributed by atoms with Crippen molar-refractivity contribution in [3.8, 4) is 0 Å². The summed E-state index contributed by atoms with van der Waals surface area (Å²) >= 11 is 4.95. The summed E-state index contributed by atoms with van der Waals surface area (Å²) in [5.41, 5.74) is 0.852. The lowest BCUT2D eigenvalue weighted by Gasteiger charge is -2.33. The SMILES string of the molecule is COC(=O)[C@@H]1CCCC[C@H]1c1nc(C2CC(F)(F)C2)sc1Br. The Kier molecular flexibility index (Phi) is 4.56. The number of ether oxygens (including phenoxy) is 1. The zero-order chi connectivity index (χ0) is 15.9. The molecular formula is C15H18BrF2NO2S. The van der Waals surface area contributed by atoms with Gasteiger partial charge >= 0.3 is 5.97 Å². The molecule has 2 atom stereocenters. The summed E-state index contributed by atoms with van der Waals surface area (Å²) in [4.78, 5) is 16.6. The average Bonchev–Trinajstić information content (AvgIpc) is 2.85. The number of nitrogens with zero attached hydrogens (tertiary/aromatic N) is 1. The molecule has 0 saturated heterocycles. The zero-order valence-electron chi connectivity index (χ0n) is 12.3. The average molecular weight is 394 g/mol. The van der Waals surface area contributed by atoms with E-state index in [1.807, 2.05) is 0 Å². The number of aromatic nitrogens is 1. The molecule has 0 aliphatic heterocycles. The van der Waals surface area contributed by atoms with Gasteiger partial charge in [-0.1, -0.05) is 12.8 Å². The van der Waals surface area contributed by atoms with E-state index in [2.05, 4.69) is 20.9 Å². The third kappa shape index (κ3) is 3.07. The fourth-order valence-electron chi connectivity index (χ4n) is 3.46. The van der Waals surface area contributed by atoms with E-state index in [4.69, 9.17) is 4.74 Å². The van der Waals surface area contributed by atoms with Crippen molar-refractivity contribution in [1.29, 1.82) is 0 Å². The van der Waals surface area contributed by atoms with Crippen LogP contribution >= 0.6 is 27.3 Å². The topological polar surface area (TPSA) is 39.2 Å². The molecule has 2 fully saturated rings. The molecule has 1 aromatic heterocycles. The fraction of sp³-hybridized carbons (Fsp3) is 0.733. The van der Waals surface area contributed by atoms with Gasteiger partial charge in [0.25, 0.3) is 0 Å². The van der Waals surface area contributed by atoms with Crippen molar-refractivity contribution in [1.82, 2.24) is 4.98 Å². The second-order valence-electron chi connectivity index (χ2n) is 6.19. The van der Waals surface area contributed by atoms with Gasteiger partial charge in [-0.25, -0.2) is 13.8 Å². The summed E-state index contributed by atoms with van der Waals surface area (Å²) in [6.07, 6.45) is 3.54. The van der Waals surface area contributed by atoms with Gasteiger partial charge in [0, 0.05) is 24.7 Å². The van der Waals surface area contributed by atoms with Gasteiger partial charge in [-0.15, -0.1) is 11.3 Å². The number of carbonyl (C=O) groups excluding carboxylic acids is 1. The number of alkyl halides is 2. The first kappa shape index (κ1) is 16.3. The van der Waals surface area contributed by atoms with Crippen LogP contribution in [0.4, 0.5) is 8.78 Å². The van der Waals surface area contributed by atoms with Crippen LogP contribution in [0.25, 0.3) is 0 Å². The standard InChI is InChI=1S/C15H18BrF2NO2S/c1-21-14(20)10-5-3-2-4-9(10)11-12(16)22-13(19-11)8-6-15(17,18)7-8/h8-10H,2-7H2,1H3/t9-,10-/m1/s1. The van der Waals surface area contributed by atoms with E-state index < -0.39 is 5.92 Å². The van der Waals surface area contributed by atoms with E-state index >= 15 is 0 Å². The Balaban J connectivity index is 1.81. The summed E-state index contributed by atoms with van der Waals surface area (Å²) in [5, 5.41) is 0.766. The molecule has 1 heterocycles. The molecule has 0 bridgehead atoms. The summed E-state index contributed by atoms with van der Waals surface area (Å²) < 4.78 is 31.9. The van der Waals surface area contributed by atoms with Gasteiger partial charge in [-0.3, -0.25) is 4.79 Å². The smallest absolute Gasteiger partial charge is 0.309 e. The van der Waals surface area contributed by atoms with Crippen molar-refractivity contribution in [3.05, 3.63) is 14.5 Å². The van der Waals surface area contributed by atoms with E-state index in [1.165, 1.54) is 18.4 Å². The number of halogens is 3. The molecule has 0 spiro atoms. The van der Waals surface area contributed by atoms with E-state index in [0.717, 1.165) is 40.2 Å². The highest BCUT2D eigenvalue weighted by molar-refractivity contribution is 9.11. The van der Waals surface area contributed by atoms with Crippen LogP contribution in [0.5, 0.6) is 0 Å². The van der Waals surface area contributed by atoms with Crippen molar-refractivity contribution in [2.75, 3.05) is 7.11 Å². The number of thiazole rings is 1. The van der Waals surface area contributed by atoms with Crippen LogP contribution in [-0.2, 0) is 9.53 Å². The molecule has 3 rings (SSSR count). The van der Waals surface area contributed by atoms with Gasteiger partial charge in [0.1, 0.15) is 0 Å².